The summed E-state index contributed by atoms with van der Waals surface area (Å²) >= 11 is 0. The Labute approximate surface area is 154 Å². The van der Waals surface area contributed by atoms with Crippen LogP contribution < -0.4 is 10.0 Å². The van der Waals surface area contributed by atoms with E-state index in [1.807, 2.05) is 6.07 Å². The number of ketones is 1. The van der Waals surface area contributed by atoms with Crippen molar-refractivity contribution in [3.63, 3.8) is 0 Å². The van der Waals surface area contributed by atoms with E-state index in [-0.39, 0.29) is 21.7 Å². The Kier molecular flexibility index (Phi) is 5.55. The third-order valence-corrected chi connectivity index (χ3v) is 6.42. The number of piperidine rings is 1. The van der Waals surface area contributed by atoms with Crippen LogP contribution >= 0.6 is 0 Å². The number of rotatable bonds is 6. The fourth-order valence-electron chi connectivity index (χ4n) is 3.19. The minimum Gasteiger partial charge on any atom is -0.317 e. The van der Waals surface area contributed by atoms with Crippen molar-refractivity contribution in [3.8, 4) is 0 Å². The Morgan fingerprint density at radius 3 is 2.35 bits per heavy atom. The van der Waals surface area contributed by atoms with Gasteiger partial charge in [0.2, 0.25) is 10.0 Å². The van der Waals surface area contributed by atoms with Crippen molar-refractivity contribution in [3.05, 3.63) is 65.7 Å². The van der Waals surface area contributed by atoms with Gasteiger partial charge in [-0.15, -0.1) is 0 Å². The van der Waals surface area contributed by atoms with E-state index in [1.54, 1.807) is 42.5 Å². The van der Waals surface area contributed by atoms with Gasteiger partial charge in [0, 0.05) is 17.7 Å². The van der Waals surface area contributed by atoms with Gasteiger partial charge in [-0.25, -0.2) is 13.1 Å². The standard InChI is InChI=1S/C20H24N2O3S/c1-20(11-13-21-14-12-20)15-22-26(24,25)18-10-6-5-9-17(18)19(23)16-7-3-2-4-8-16/h2-10,21-22H,11-15H2,1H3. The molecule has 1 aliphatic heterocycles. The molecule has 1 aliphatic rings. The van der Waals surface area contributed by atoms with Crippen LogP contribution in [0, 0.1) is 5.41 Å². The summed E-state index contributed by atoms with van der Waals surface area (Å²) in [6, 6.07) is 15.1. The number of carbonyl (C=O) groups excluding carboxylic acids is 1. The van der Waals surface area contributed by atoms with Crippen LogP contribution in [0.2, 0.25) is 0 Å². The summed E-state index contributed by atoms with van der Waals surface area (Å²) in [6.45, 7) is 4.24. The fraction of sp³-hybridized carbons (Fsp3) is 0.350. The monoisotopic (exact) mass is 372 g/mol. The molecule has 6 heteroatoms. The van der Waals surface area contributed by atoms with Crippen LogP contribution in [0.4, 0.5) is 0 Å². The first-order valence-electron chi connectivity index (χ1n) is 8.81. The molecule has 0 bridgehead atoms. The highest BCUT2D eigenvalue weighted by molar-refractivity contribution is 7.89. The molecule has 0 atom stereocenters. The highest BCUT2D eigenvalue weighted by atomic mass is 32.2. The molecule has 2 aromatic rings. The Bertz CT molecular complexity index is 873. The third-order valence-electron chi connectivity index (χ3n) is 4.96. The molecule has 0 unspecified atom stereocenters. The van der Waals surface area contributed by atoms with Crippen LogP contribution in [0.3, 0.4) is 0 Å². The smallest absolute Gasteiger partial charge is 0.241 e. The Hall–Kier alpha value is -2.02. The molecule has 1 fully saturated rings. The summed E-state index contributed by atoms with van der Waals surface area (Å²) in [5, 5.41) is 3.29. The van der Waals surface area contributed by atoms with Crippen molar-refractivity contribution in [2.45, 2.75) is 24.7 Å². The van der Waals surface area contributed by atoms with E-state index in [9.17, 15) is 13.2 Å². The number of hydrogen-bond donors (Lipinski definition) is 2. The van der Waals surface area contributed by atoms with Crippen molar-refractivity contribution >= 4 is 15.8 Å². The summed E-state index contributed by atoms with van der Waals surface area (Å²) in [7, 11) is -3.77. The van der Waals surface area contributed by atoms with Crippen LogP contribution in [-0.4, -0.2) is 33.8 Å². The van der Waals surface area contributed by atoms with Gasteiger partial charge in [0.15, 0.2) is 5.78 Å². The lowest BCUT2D eigenvalue weighted by Crippen LogP contribution is -2.43. The quantitative estimate of drug-likeness (QED) is 0.765. The van der Waals surface area contributed by atoms with E-state index < -0.39 is 10.0 Å². The lowest BCUT2D eigenvalue weighted by molar-refractivity contribution is 0.103. The molecule has 2 N–H and O–H groups in total. The van der Waals surface area contributed by atoms with E-state index in [0.29, 0.717) is 12.1 Å². The van der Waals surface area contributed by atoms with E-state index >= 15 is 0 Å². The third kappa shape index (κ3) is 4.20. The van der Waals surface area contributed by atoms with Gasteiger partial charge < -0.3 is 5.32 Å². The summed E-state index contributed by atoms with van der Waals surface area (Å²) in [4.78, 5) is 12.8. The largest absolute Gasteiger partial charge is 0.317 e. The molecule has 0 aromatic heterocycles. The topological polar surface area (TPSA) is 75.3 Å². The predicted molar refractivity (Wildman–Crippen MR) is 102 cm³/mol. The molecule has 5 nitrogen and oxygen atoms in total. The van der Waals surface area contributed by atoms with E-state index in [1.165, 1.54) is 6.07 Å². The molecule has 138 valence electrons. The van der Waals surface area contributed by atoms with E-state index in [2.05, 4.69) is 17.0 Å². The van der Waals surface area contributed by atoms with Crippen LogP contribution in [0.25, 0.3) is 0 Å². The number of benzene rings is 2. The summed E-state index contributed by atoms with van der Waals surface area (Å²) in [5.41, 5.74) is 0.596. The highest BCUT2D eigenvalue weighted by Crippen LogP contribution is 2.28. The first kappa shape index (κ1) is 18.8. The first-order valence-corrected chi connectivity index (χ1v) is 10.3. The van der Waals surface area contributed by atoms with Crippen LogP contribution in [0.15, 0.2) is 59.5 Å². The fourth-order valence-corrected chi connectivity index (χ4v) is 4.59. The second-order valence-electron chi connectivity index (χ2n) is 7.08. The predicted octanol–water partition coefficient (Wildman–Crippen LogP) is 2.59. The van der Waals surface area contributed by atoms with Gasteiger partial charge >= 0.3 is 0 Å². The van der Waals surface area contributed by atoms with E-state index in [0.717, 1.165) is 25.9 Å². The Balaban J connectivity index is 1.85. The first-order chi connectivity index (χ1) is 12.4. The molecule has 1 saturated heterocycles. The maximum Gasteiger partial charge on any atom is 0.241 e. The summed E-state index contributed by atoms with van der Waals surface area (Å²) < 4.78 is 28.5. The Morgan fingerprint density at radius 2 is 1.65 bits per heavy atom. The summed E-state index contributed by atoms with van der Waals surface area (Å²) in [6.07, 6.45) is 1.83. The molecular weight excluding hydrogens is 348 g/mol. The minimum absolute atomic E-state index is 0.0337. The van der Waals surface area contributed by atoms with Crippen molar-refractivity contribution in [2.24, 2.45) is 5.41 Å². The van der Waals surface area contributed by atoms with Crippen molar-refractivity contribution in [1.82, 2.24) is 10.0 Å². The zero-order valence-corrected chi connectivity index (χ0v) is 15.7. The maximum absolute atomic E-state index is 12.9. The molecule has 3 rings (SSSR count). The van der Waals surface area contributed by atoms with Crippen LogP contribution in [-0.2, 0) is 10.0 Å². The average molecular weight is 372 g/mol. The average Bonchev–Trinajstić information content (AvgIpc) is 2.67. The zero-order valence-electron chi connectivity index (χ0n) is 14.9. The molecule has 1 heterocycles. The number of carbonyl (C=O) groups is 1. The van der Waals surface area contributed by atoms with Gasteiger partial charge in [0.25, 0.3) is 0 Å². The van der Waals surface area contributed by atoms with Crippen molar-refractivity contribution in [1.29, 1.82) is 0 Å². The van der Waals surface area contributed by atoms with Gasteiger partial charge in [-0.05, 0) is 43.5 Å². The van der Waals surface area contributed by atoms with Gasteiger partial charge in [0.1, 0.15) is 0 Å². The molecule has 0 saturated carbocycles. The van der Waals surface area contributed by atoms with Crippen molar-refractivity contribution < 1.29 is 13.2 Å². The molecule has 0 amide bonds. The lowest BCUT2D eigenvalue weighted by Gasteiger charge is -2.34. The molecular formula is C20H24N2O3S. The van der Waals surface area contributed by atoms with Gasteiger partial charge in [-0.3, -0.25) is 4.79 Å². The number of hydrogen-bond acceptors (Lipinski definition) is 4. The van der Waals surface area contributed by atoms with Gasteiger partial charge in [-0.1, -0.05) is 49.4 Å². The molecule has 0 aliphatic carbocycles. The lowest BCUT2D eigenvalue weighted by atomic mass is 9.81. The van der Waals surface area contributed by atoms with Crippen molar-refractivity contribution in [2.75, 3.05) is 19.6 Å². The van der Waals surface area contributed by atoms with Gasteiger partial charge in [0.05, 0.1) is 4.90 Å². The normalized spacial score (nSPS) is 17.0. The Morgan fingerprint density at radius 1 is 1.04 bits per heavy atom. The SMILES string of the molecule is CC1(CNS(=O)(=O)c2ccccc2C(=O)c2ccccc2)CCNCC1. The maximum atomic E-state index is 12.9. The minimum atomic E-state index is -3.77. The summed E-state index contributed by atoms with van der Waals surface area (Å²) in [5.74, 6) is -0.292. The van der Waals surface area contributed by atoms with E-state index in [4.69, 9.17) is 0 Å². The molecule has 2 aromatic carbocycles. The second-order valence-corrected chi connectivity index (χ2v) is 8.81. The molecule has 0 spiro atoms. The van der Waals surface area contributed by atoms with Crippen LogP contribution in [0.1, 0.15) is 35.7 Å². The molecule has 26 heavy (non-hydrogen) atoms. The second kappa shape index (κ2) is 7.70. The highest BCUT2D eigenvalue weighted by Gasteiger charge is 2.30. The van der Waals surface area contributed by atoms with Gasteiger partial charge in [-0.2, -0.15) is 0 Å². The number of nitrogens with one attached hydrogen (secondary N) is 2. The zero-order chi connectivity index (χ0) is 18.6. The number of sulfonamides is 1. The molecule has 0 radical (unpaired) electrons. The van der Waals surface area contributed by atoms with Crippen LogP contribution in [0.5, 0.6) is 0 Å².